The van der Waals surface area contributed by atoms with E-state index < -0.39 is 4.92 Å². The second kappa shape index (κ2) is 5.65. The summed E-state index contributed by atoms with van der Waals surface area (Å²) in [5.74, 6) is 0.765. The van der Waals surface area contributed by atoms with Crippen molar-refractivity contribution in [3.63, 3.8) is 0 Å². The predicted octanol–water partition coefficient (Wildman–Crippen LogP) is 4.54. The Labute approximate surface area is 133 Å². The van der Waals surface area contributed by atoms with E-state index in [2.05, 4.69) is 27.6 Å². The van der Waals surface area contributed by atoms with Crippen LogP contribution in [0.4, 0.5) is 5.69 Å². The summed E-state index contributed by atoms with van der Waals surface area (Å²) in [4.78, 5) is 14.8. The van der Waals surface area contributed by atoms with Crippen LogP contribution in [-0.2, 0) is 0 Å². The van der Waals surface area contributed by atoms with Crippen LogP contribution in [-0.4, -0.2) is 9.91 Å². The Bertz CT molecular complexity index is 819. The Kier molecular flexibility index (Phi) is 3.70. The van der Waals surface area contributed by atoms with Crippen LogP contribution in [0.25, 0.3) is 10.9 Å². The molecule has 0 spiro atoms. The van der Waals surface area contributed by atoms with E-state index in [9.17, 15) is 10.1 Å². The lowest BCUT2D eigenvalue weighted by atomic mass is 10.2. The molecular weight excluding hydrogens is 383 g/mol. The van der Waals surface area contributed by atoms with E-state index in [0.29, 0.717) is 16.7 Å². The van der Waals surface area contributed by atoms with Crippen molar-refractivity contribution in [1.82, 2.24) is 4.98 Å². The number of hydrogen-bond donors (Lipinski definition) is 0. The Morgan fingerprint density at radius 3 is 2.52 bits per heavy atom. The molecule has 0 aliphatic rings. The quantitative estimate of drug-likeness (QED) is 0.373. The standard InChI is InChI=1S/C15H9IN2O3/c16-10-5-7-11(8-6-10)21-15-12-3-1-2-4-13(12)17-9-14(15)18(19)20/h1-9H. The summed E-state index contributed by atoms with van der Waals surface area (Å²) in [6.45, 7) is 0. The topological polar surface area (TPSA) is 65.3 Å². The summed E-state index contributed by atoms with van der Waals surface area (Å²) in [5, 5.41) is 11.8. The minimum absolute atomic E-state index is 0.146. The third-order valence-corrected chi connectivity index (χ3v) is 3.66. The van der Waals surface area contributed by atoms with Gasteiger partial charge in [-0.3, -0.25) is 10.1 Å². The molecule has 3 rings (SSSR count). The van der Waals surface area contributed by atoms with Gasteiger partial charge in [-0.15, -0.1) is 0 Å². The highest BCUT2D eigenvalue weighted by molar-refractivity contribution is 14.1. The smallest absolute Gasteiger partial charge is 0.330 e. The number of aromatic nitrogens is 1. The lowest BCUT2D eigenvalue weighted by molar-refractivity contribution is -0.385. The van der Waals surface area contributed by atoms with E-state index in [1.165, 1.54) is 6.20 Å². The van der Waals surface area contributed by atoms with Gasteiger partial charge in [0.15, 0.2) is 0 Å². The number of hydrogen-bond acceptors (Lipinski definition) is 4. The molecule has 0 radical (unpaired) electrons. The first-order chi connectivity index (χ1) is 10.1. The molecule has 3 aromatic rings. The highest BCUT2D eigenvalue weighted by Crippen LogP contribution is 2.37. The highest BCUT2D eigenvalue weighted by atomic mass is 127. The van der Waals surface area contributed by atoms with Gasteiger partial charge in [-0.25, -0.2) is 4.98 Å². The molecule has 104 valence electrons. The summed E-state index contributed by atoms with van der Waals surface area (Å²) < 4.78 is 6.82. The second-order valence-electron chi connectivity index (χ2n) is 4.30. The Morgan fingerprint density at radius 1 is 1.10 bits per heavy atom. The van der Waals surface area contributed by atoms with Crippen molar-refractivity contribution in [2.45, 2.75) is 0 Å². The fraction of sp³-hybridized carbons (Fsp3) is 0. The average molecular weight is 392 g/mol. The molecule has 1 aromatic heterocycles. The first-order valence-corrected chi connectivity index (χ1v) is 7.18. The number of nitrogens with zero attached hydrogens (tertiary/aromatic N) is 2. The van der Waals surface area contributed by atoms with Gasteiger partial charge in [-0.2, -0.15) is 0 Å². The van der Waals surface area contributed by atoms with Crippen molar-refractivity contribution in [2.75, 3.05) is 0 Å². The van der Waals surface area contributed by atoms with Crippen LogP contribution in [0.1, 0.15) is 0 Å². The van der Waals surface area contributed by atoms with E-state index in [1.807, 2.05) is 18.2 Å². The monoisotopic (exact) mass is 392 g/mol. The number of ether oxygens (including phenoxy) is 1. The van der Waals surface area contributed by atoms with E-state index in [0.717, 1.165) is 3.57 Å². The zero-order chi connectivity index (χ0) is 14.8. The van der Waals surface area contributed by atoms with Crippen molar-refractivity contribution < 1.29 is 9.66 Å². The van der Waals surface area contributed by atoms with E-state index in [-0.39, 0.29) is 11.4 Å². The number of pyridine rings is 1. The van der Waals surface area contributed by atoms with E-state index in [1.54, 1.807) is 30.3 Å². The van der Waals surface area contributed by atoms with Crippen molar-refractivity contribution in [2.24, 2.45) is 0 Å². The van der Waals surface area contributed by atoms with Gasteiger partial charge in [0, 0.05) is 3.57 Å². The summed E-state index contributed by atoms with van der Waals surface area (Å²) in [5.41, 5.74) is 0.510. The number of nitro groups is 1. The van der Waals surface area contributed by atoms with Crippen LogP contribution in [0.2, 0.25) is 0 Å². The van der Waals surface area contributed by atoms with Gasteiger partial charge < -0.3 is 4.74 Å². The molecule has 0 fully saturated rings. The molecule has 0 saturated heterocycles. The molecule has 0 N–H and O–H groups in total. The predicted molar refractivity (Wildman–Crippen MR) is 87.6 cm³/mol. The Morgan fingerprint density at radius 2 is 1.81 bits per heavy atom. The molecule has 0 aliphatic heterocycles. The zero-order valence-corrected chi connectivity index (χ0v) is 12.9. The number of rotatable bonds is 3. The average Bonchev–Trinajstić information content (AvgIpc) is 2.49. The molecule has 0 aliphatic carbocycles. The van der Waals surface area contributed by atoms with Crippen molar-refractivity contribution in [1.29, 1.82) is 0 Å². The third kappa shape index (κ3) is 2.80. The summed E-state index contributed by atoms with van der Waals surface area (Å²) in [6, 6.07) is 14.5. The lowest BCUT2D eigenvalue weighted by Gasteiger charge is -2.09. The normalized spacial score (nSPS) is 10.5. The fourth-order valence-corrected chi connectivity index (χ4v) is 2.32. The number of para-hydroxylation sites is 1. The van der Waals surface area contributed by atoms with Crippen LogP contribution < -0.4 is 4.74 Å². The van der Waals surface area contributed by atoms with Crippen LogP contribution in [0.5, 0.6) is 11.5 Å². The lowest BCUT2D eigenvalue weighted by Crippen LogP contribution is -1.96. The van der Waals surface area contributed by atoms with Crippen molar-refractivity contribution in [3.8, 4) is 11.5 Å². The van der Waals surface area contributed by atoms with Gasteiger partial charge >= 0.3 is 5.69 Å². The van der Waals surface area contributed by atoms with Gasteiger partial charge in [-0.1, -0.05) is 12.1 Å². The first-order valence-electron chi connectivity index (χ1n) is 6.11. The second-order valence-corrected chi connectivity index (χ2v) is 5.55. The van der Waals surface area contributed by atoms with E-state index in [4.69, 9.17) is 4.74 Å². The molecule has 21 heavy (non-hydrogen) atoms. The summed E-state index contributed by atoms with van der Waals surface area (Å²) >= 11 is 2.19. The Balaban J connectivity index is 2.16. The zero-order valence-electron chi connectivity index (χ0n) is 10.7. The third-order valence-electron chi connectivity index (χ3n) is 2.94. The van der Waals surface area contributed by atoms with Gasteiger partial charge in [-0.05, 0) is 59.0 Å². The van der Waals surface area contributed by atoms with E-state index >= 15 is 0 Å². The molecular formula is C15H9IN2O3. The molecule has 6 heteroatoms. The van der Waals surface area contributed by atoms with Crippen LogP contribution in [0, 0.1) is 13.7 Å². The maximum absolute atomic E-state index is 11.2. The molecule has 0 amide bonds. The first kappa shape index (κ1) is 13.7. The van der Waals surface area contributed by atoms with Gasteiger partial charge in [0.1, 0.15) is 11.9 Å². The molecule has 5 nitrogen and oxygen atoms in total. The van der Waals surface area contributed by atoms with Crippen LogP contribution in [0.3, 0.4) is 0 Å². The van der Waals surface area contributed by atoms with Gasteiger partial charge in [0.25, 0.3) is 0 Å². The number of benzene rings is 2. The summed E-state index contributed by atoms with van der Waals surface area (Å²) in [6.07, 6.45) is 1.23. The maximum atomic E-state index is 11.2. The molecule has 2 aromatic carbocycles. The van der Waals surface area contributed by atoms with Crippen molar-refractivity contribution in [3.05, 3.63) is 68.4 Å². The SMILES string of the molecule is O=[N+]([O-])c1cnc2ccccc2c1Oc1ccc(I)cc1. The summed E-state index contributed by atoms with van der Waals surface area (Å²) in [7, 11) is 0. The minimum Gasteiger partial charge on any atom is -0.449 e. The molecule has 0 unspecified atom stereocenters. The molecule has 1 heterocycles. The van der Waals surface area contributed by atoms with Crippen LogP contribution >= 0.6 is 22.6 Å². The molecule has 0 atom stereocenters. The molecule has 0 saturated carbocycles. The fourth-order valence-electron chi connectivity index (χ4n) is 1.96. The minimum atomic E-state index is -0.485. The van der Waals surface area contributed by atoms with Crippen molar-refractivity contribution >= 4 is 39.2 Å². The van der Waals surface area contributed by atoms with Gasteiger partial charge in [0.05, 0.1) is 15.8 Å². The number of halogens is 1. The number of fused-ring (bicyclic) bond motifs is 1. The van der Waals surface area contributed by atoms with Crippen LogP contribution in [0.15, 0.2) is 54.7 Å². The molecule has 0 bridgehead atoms. The Hall–Kier alpha value is -2.22. The van der Waals surface area contributed by atoms with Gasteiger partial charge in [0.2, 0.25) is 5.75 Å². The largest absolute Gasteiger partial charge is 0.449 e. The maximum Gasteiger partial charge on any atom is 0.330 e. The highest BCUT2D eigenvalue weighted by Gasteiger charge is 2.20.